The molecule has 1 N–H and O–H groups in total. The molecule has 0 spiro atoms. The summed E-state index contributed by atoms with van der Waals surface area (Å²) < 4.78 is 7.33. The zero-order valence-electron chi connectivity index (χ0n) is 16.8. The molecule has 5 heteroatoms. The summed E-state index contributed by atoms with van der Waals surface area (Å²) in [6.07, 6.45) is 0. The van der Waals surface area contributed by atoms with Crippen molar-refractivity contribution >= 4 is 21.4 Å². The summed E-state index contributed by atoms with van der Waals surface area (Å²) in [5.74, 6) is 0.934. The maximum Gasteiger partial charge on any atom is 0.123 e. The molecule has 0 fully saturated rings. The van der Waals surface area contributed by atoms with Gasteiger partial charge in [-0.3, -0.25) is 4.90 Å². The Hall–Kier alpha value is -1.92. The maximum atomic E-state index is 10.9. The number of thiophene rings is 1. The number of hydrogen-bond acceptors (Lipinski definition) is 5. The first-order chi connectivity index (χ1) is 13.4. The van der Waals surface area contributed by atoms with E-state index < -0.39 is 5.60 Å². The molecule has 1 atom stereocenters. The Morgan fingerprint density at radius 1 is 1.18 bits per heavy atom. The molecule has 1 aliphatic rings. The lowest BCUT2D eigenvalue weighted by molar-refractivity contribution is 0.0299. The van der Waals surface area contributed by atoms with E-state index in [2.05, 4.69) is 41.3 Å². The summed E-state index contributed by atoms with van der Waals surface area (Å²) in [5, 5.41) is 12.2. The molecule has 0 aliphatic carbocycles. The number of nitrogens with zero attached hydrogens (tertiary/aromatic N) is 2. The van der Waals surface area contributed by atoms with E-state index in [1.54, 1.807) is 0 Å². The summed E-state index contributed by atoms with van der Waals surface area (Å²) in [4.78, 5) is 5.82. The molecule has 3 aromatic rings. The highest BCUT2D eigenvalue weighted by Gasteiger charge is 2.26. The second-order valence-corrected chi connectivity index (χ2v) is 9.31. The van der Waals surface area contributed by atoms with Gasteiger partial charge in [0.2, 0.25) is 0 Å². The van der Waals surface area contributed by atoms with E-state index in [0.29, 0.717) is 13.2 Å². The minimum absolute atomic E-state index is 0.581. The van der Waals surface area contributed by atoms with E-state index in [4.69, 9.17) is 4.74 Å². The van der Waals surface area contributed by atoms with Crippen LogP contribution in [0.2, 0.25) is 0 Å². The smallest absolute Gasteiger partial charge is 0.123 e. The van der Waals surface area contributed by atoms with Crippen molar-refractivity contribution in [1.29, 1.82) is 0 Å². The lowest BCUT2D eigenvalue weighted by Crippen LogP contribution is -2.34. The molecular weight excluding hydrogens is 368 g/mol. The van der Waals surface area contributed by atoms with Gasteiger partial charge in [-0.15, -0.1) is 11.3 Å². The predicted molar refractivity (Wildman–Crippen MR) is 116 cm³/mol. The first kappa shape index (κ1) is 19.4. The number of rotatable bonds is 5. The number of ether oxygens (including phenoxy) is 1. The normalized spacial score (nSPS) is 17.2. The van der Waals surface area contributed by atoms with Crippen molar-refractivity contribution < 1.29 is 9.84 Å². The quantitative estimate of drug-likeness (QED) is 0.705. The Morgan fingerprint density at radius 2 is 2.00 bits per heavy atom. The monoisotopic (exact) mass is 396 g/mol. The van der Waals surface area contributed by atoms with Crippen LogP contribution >= 0.6 is 11.3 Å². The molecule has 2 aromatic carbocycles. The zero-order valence-corrected chi connectivity index (χ0v) is 17.6. The predicted octanol–water partition coefficient (Wildman–Crippen LogP) is 4.07. The van der Waals surface area contributed by atoms with Gasteiger partial charge in [0.15, 0.2) is 0 Å². The van der Waals surface area contributed by atoms with Crippen molar-refractivity contribution in [2.75, 3.05) is 33.8 Å². The number of hydrogen-bond donors (Lipinski definition) is 1. The van der Waals surface area contributed by atoms with Crippen LogP contribution in [-0.2, 0) is 18.7 Å². The van der Waals surface area contributed by atoms with Gasteiger partial charge in [0.25, 0.3) is 0 Å². The molecular formula is C23H28N2O2S. The largest absolute Gasteiger partial charge is 0.492 e. The van der Waals surface area contributed by atoms with Crippen LogP contribution in [0.25, 0.3) is 10.1 Å². The highest BCUT2D eigenvalue weighted by molar-refractivity contribution is 7.19. The van der Waals surface area contributed by atoms with E-state index in [-0.39, 0.29) is 0 Å². The fourth-order valence-electron chi connectivity index (χ4n) is 3.96. The maximum absolute atomic E-state index is 10.9. The Bertz CT molecular complexity index is 931. The van der Waals surface area contributed by atoms with Gasteiger partial charge < -0.3 is 14.7 Å². The summed E-state index contributed by atoms with van der Waals surface area (Å²) in [5.41, 5.74) is 1.20. The average Bonchev–Trinajstić information content (AvgIpc) is 2.92. The molecule has 4 rings (SSSR count). The average molecular weight is 397 g/mol. The van der Waals surface area contributed by atoms with Crippen molar-refractivity contribution in [2.24, 2.45) is 0 Å². The van der Waals surface area contributed by atoms with Crippen LogP contribution in [0.1, 0.15) is 22.9 Å². The molecule has 0 amide bonds. The lowest BCUT2D eigenvalue weighted by Gasteiger charge is -2.28. The van der Waals surface area contributed by atoms with E-state index in [9.17, 15) is 5.11 Å². The van der Waals surface area contributed by atoms with Crippen LogP contribution in [0, 0.1) is 0 Å². The number of likely N-dealkylation sites (N-methyl/N-ethyl adjacent to an activating group) is 1. The molecule has 1 aromatic heterocycles. The first-order valence-corrected chi connectivity index (χ1v) is 10.6. The van der Waals surface area contributed by atoms with Gasteiger partial charge in [0.05, 0.1) is 5.60 Å². The third-order valence-corrected chi connectivity index (χ3v) is 6.32. The number of benzene rings is 2. The van der Waals surface area contributed by atoms with E-state index >= 15 is 0 Å². The van der Waals surface area contributed by atoms with Gasteiger partial charge in [-0.1, -0.05) is 24.3 Å². The van der Waals surface area contributed by atoms with Crippen molar-refractivity contribution in [3.63, 3.8) is 0 Å². The molecule has 0 radical (unpaired) electrons. The summed E-state index contributed by atoms with van der Waals surface area (Å²) in [6.45, 7) is 5.78. The number of aliphatic hydroxyl groups is 1. The summed E-state index contributed by atoms with van der Waals surface area (Å²) in [7, 11) is 3.96. The van der Waals surface area contributed by atoms with Crippen LogP contribution in [0.4, 0.5) is 0 Å². The van der Waals surface area contributed by atoms with Crippen LogP contribution < -0.4 is 4.74 Å². The third kappa shape index (κ3) is 4.23. The standard InChI is InChI=1S/C23H28N2O2S/c1-23(26,16-24(2)3)19-8-9-21-18(12-19)14-25(10-11-27-21)15-20-13-17-6-4-5-7-22(17)28-20/h4-9,12-13,26H,10-11,14-16H2,1-3H3/t23-/m1/s1. The summed E-state index contributed by atoms with van der Waals surface area (Å²) in [6, 6.07) is 17.0. The van der Waals surface area contributed by atoms with Crippen molar-refractivity contribution in [2.45, 2.75) is 25.6 Å². The molecule has 0 unspecified atom stereocenters. The Labute approximate surface area is 171 Å². The molecule has 28 heavy (non-hydrogen) atoms. The highest BCUT2D eigenvalue weighted by Crippen LogP contribution is 2.31. The molecule has 0 saturated carbocycles. The van der Waals surface area contributed by atoms with Gasteiger partial charge >= 0.3 is 0 Å². The third-order valence-electron chi connectivity index (χ3n) is 5.22. The van der Waals surface area contributed by atoms with Gasteiger partial charge in [-0.05, 0) is 56.2 Å². The number of fused-ring (bicyclic) bond motifs is 2. The SMILES string of the molecule is CN(C)C[C@@](C)(O)c1ccc2c(c1)CN(Cc1cc3ccccc3s1)CCO2. The molecule has 148 valence electrons. The van der Waals surface area contributed by atoms with E-state index in [1.165, 1.54) is 15.0 Å². The lowest BCUT2D eigenvalue weighted by atomic mass is 9.93. The second-order valence-electron chi connectivity index (χ2n) is 8.14. The summed E-state index contributed by atoms with van der Waals surface area (Å²) >= 11 is 1.87. The molecule has 0 bridgehead atoms. The topological polar surface area (TPSA) is 35.9 Å². The van der Waals surface area contributed by atoms with Crippen LogP contribution in [0.3, 0.4) is 0 Å². The zero-order chi connectivity index (χ0) is 19.7. The van der Waals surface area contributed by atoms with E-state index in [0.717, 1.165) is 36.5 Å². The van der Waals surface area contributed by atoms with Crippen LogP contribution in [-0.4, -0.2) is 48.7 Å². The second kappa shape index (κ2) is 7.84. The van der Waals surface area contributed by atoms with Gasteiger partial charge in [0, 0.05) is 41.3 Å². The van der Waals surface area contributed by atoms with Gasteiger partial charge in [-0.25, -0.2) is 0 Å². The Morgan fingerprint density at radius 3 is 2.79 bits per heavy atom. The van der Waals surface area contributed by atoms with E-state index in [1.807, 2.05) is 49.4 Å². The molecule has 2 heterocycles. The first-order valence-electron chi connectivity index (χ1n) is 9.74. The molecule has 4 nitrogen and oxygen atoms in total. The van der Waals surface area contributed by atoms with Crippen molar-refractivity contribution in [3.8, 4) is 5.75 Å². The minimum Gasteiger partial charge on any atom is -0.492 e. The molecule has 0 saturated heterocycles. The fourth-order valence-corrected chi connectivity index (χ4v) is 5.07. The van der Waals surface area contributed by atoms with Crippen LogP contribution in [0.5, 0.6) is 5.75 Å². The van der Waals surface area contributed by atoms with Crippen molar-refractivity contribution in [1.82, 2.24) is 9.80 Å². The van der Waals surface area contributed by atoms with Gasteiger partial charge in [-0.2, -0.15) is 0 Å². The highest BCUT2D eigenvalue weighted by atomic mass is 32.1. The van der Waals surface area contributed by atoms with Crippen LogP contribution in [0.15, 0.2) is 48.5 Å². The fraction of sp³-hybridized carbons (Fsp3) is 0.391. The Balaban J connectivity index is 1.55. The minimum atomic E-state index is -0.888. The van der Waals surface area contributed by atoms with Gasteiger partial charge in [0.1, 0.15) is 12.4 Å². The van der Waals surface area contributed by atoms with Crippen molar-refractivity contribution in [3.05, 3.63) is 64.5 Å². The molecule has 1 aliphatic heterocycles. The Kier molecular flexibility index (Phi) is 5.43.